The molecule has 0 bridgehead atoms. The van der Waals surface area contributed by atoms with E-state index in [1.807, 2.05) is 0 Å². The minimum Gasteiger partial charge on any atom is -0.496 e. The van der Waals surface area contributed by atoms with Gasteiger partial charge in [-0.05, 0) is 17.7 Å². The van der Waals surface area contributed by atoms with Gasteiger partial charge in [-0.2, -0.15) is 0 Å². The van der Waals surface area contributed by atoms with E-state index in [0.717, 1.165) is 5.56 Å². The molecule has 0 fully saturated rings. The Hall–Kier alpha value is -2.24. The number of hydrogen-bond donors (Lipinski definition) is 2. The van der Waals surface area contributed by atoms with Gasteiger partial charge in [-0.3, -0.25) is 0 Å². The second-order valence-corrected chi connectivity index (χ2v) is 3.24. The van der Waals surface area contributed by atoms with Crippen LogP contribution in [0.1, 0.15) is 15.9 Å². The number of amides is 2. The van der Waals surface area contributed by atoms with Crippen molar-refractivity contribution in [3.8, 4) is 5.75 Å². The highest BCUT2D eigenvalue weighted by Gasteiger charge is 2.13. The van der Waals surface area contributed by atoms with Crippen LogP contribution in [0.3, 0.4) is 0 Å². The monoisotopic (exact) mass is 238 g/mol. The third-order valence-electron chi connectivity index (χ3n) is 2.14. The van der Waals surface area contributed by atoms with Crippen molar-refractivity contribution >= 4 is 12.0 Å². The number of carbonyl (C=O) groups is 2. The van der Waals surface area contributed by atoms with Gasteiger partial charge in [-0.15, -0.1) is 0 Å². The normalized spacial score (nSPS) is 9.53. The van der Waals surface area contributed by atoms with Crippen LogP contribution >= 0.6 is 0 Å². The maximum absolute atomic E-state index is 11.5. The summed E-state index contributed by atoms with van der Waals surface area (Å²) in [6, 6.07) is 4.31. The third-order valence-corrected chi connectivity index (χ3v) is 2.14. The Balaban J connectivity index is 2.96. The number of nitrogens with two attached hydrogens (primary N) is 1. The van der Waals surface area contributed by atoms with Crippen LogP contribution in [0.5, 0.6) is 5.75 Å². The lowest BCUT2D eigenvalue weighted by molar-refractivity contribution is 0.0597. The Bertz CT molecular complexity index is 431. The van der Waals surface area contributed by atoms with Gasteiger partial charge in [-0.1, -0.05) is 6.07 Å². The number of primary amides is 1. The van der Waals surface area contributed by atoms with E-state index in [1.165, 1.54) is 14.2 Å². The van der Waals surface area contributed by atoms with Crippen molar-refractivity contribution in [3.05, 3.63) is 29.3 Å². The number of urea groups is 1. The summed E-state index contributed by atoms with van der Waals surface area (Å²) in [6.45, 7) is 0.239. The zero-order chi connectivity index (χ0) is 12.8. The molecule has 92 valence electrons. The van der Waals surface area contributed by atoms with Crippen LogP contribution in [0.2, 0.25) is 0 Å². The largest absolute Gasteiger partial charge is 0.496 e. The van der Waals surface area contributed by atoms with E-state index in [0.29, 0.717) is 11.3 Å². The number of ether oxygens (including phenoxy) is 2. The van der Waals surface area contributed by atoms with Gasteiger partial charge in [0.2, 0.25) is 0 Å². The summed E-state index contributed by atoms with van der Waals surface area (Å²) in [5, 5.41) is 2.43. The molecule has 1 rings (SSSR count). The van der Waals surface area contributed by atoms with Gasteiger partial charge in [0.05, 0.1) is 14.2 Å². The topological polar surface area (TPSA) is 90.6 Å². The molecule has 0 saturated carbocycles. The summed E-state index contributed by atoms with van der Waals surface area (Å²) in [7, 11) is 2.75. The van der Waals surface area contributed by atoms with Crippen LogP contribution in [0, 0.1) is 0 Å². The summed E-state index contributed by atoms with van der Waals surface area (Å²) in [5.74, 6) is -0.0811. The van der Waals surface area contributed by atoms with Crippen LogP contribution in [0.15, 0.2) is 18.2 Å². The average molecular weight is 238 g/mol. The standard InChI is InChI=1S/C11H14N2O4/c1-16-9-4-3-7(6-13-11(12)15)5-8(9)10(14)17-2/h3-5H,6H2,1-2H3,(H3,12,13,15). The summed E-state index contributed by atoms with van der Waals surface area (Å²) >= 11 is 0. The molecule has 0 radical (unpaired) electrons. The lowest BCUT2D eigenvalue weighted by atomic mass is 10.1. The van der Waals surface area contributed by atoms with Crippen molar-refractivity contribution in [2.45, 2.75) is 6.54 Å². The molecule has 0 spiro atoms. The molecular weight excluding hydrogens is 224 g/mol. The first-order valence-corrected chi connectivity index (χ1v) is 4.87. The highest BCUT2D eigenvalue weighted by molar-refractivity contribution is 5.92. The van der Waals surface area contributed by atoms with Crippen molar-refractivity contribution in [1.82, 2.24) is 5.32 Å². The Morgan fingerprint density at radius 1 is 1.35 bits per heavy atom. The highest BCUT2D eigenvalue weighted by Crippen LogP contribution is 2.20. The van der Waals surface area contributed by atoms with E-state index in [4.69, 9.17) is 10.5 Å². The molecule has 1 aromatic carbocycles. The fraction of sp³-hybridized carbons (Fsp3) is 0.273. The number of rotatable bonds is 4. The first-order chi connectivity index (χ1) is 8.08. The van der Waals surface area contributed by atoms with Crippen molar-refractivity contribution in [1.29, 1.82) is 0 Å². The lowest BCUT2D eigenvalue weighted by Crippen LogP contribution is -2.28. The molecule has 0 aliphatic rings. The Kier molecular flexibility index (Phi) is 4.33. The molecule has 0 saturated heterocycles. The molecule has 6 nitrogen and oxygen atoms in total. The SMILES string of the molecule is COC(=O)c1cc(CNC(N)=O)ccc1OC. The fourth-order valence-electron chi connectivity index (χ4n) is 1.32. The van der Waals surface area contributed by atoms with E-state index in [-0.39, 0.29) is 6.54 Å². The van der Waals surface area contributed by atoms with Gasteiger partial charge in [0.15, 0.2) is 0 Å². The van der Waals surface area contributed by atoms with Crippen LogP contribution < -0.4 is 15.8 Å². The van der Waals surface area contributed by atoms with Crippen molar-refractivity contribution in [2.75, 3.05) is 14.2 Å². The second-order valence-electron chi connectivity index (χ2n) is 3.24. The lowest BCUT2D eigenvalue weighted by Gasteiger charge is -2.09. The fourth-order valence-corrected chi connectivity index (χ4v) is 1.32. The predicted molar refractivity (Wildman–Crippen MR) is 60.8 cm³/mol. The van der Waals surface area contributed by atoms with Crippen molar-refractivity contribution < 1.29 is 19.1 Å². The summed E-state index contributed by atoms with van der Waals surface area (Å²) in [5.41, 5.74) is 5.99. The molecule has 1 aromatic rings. The smallest absolute Gasteiger partial charge is 0.341 e. The number of carbonyl (C=O) groups excluding carboxylic acids is 2. The van der Waals surface area contributed by atoms with E-state index < -0.39 is 12.0 Å². The molecular formula is C11H14N2O4. The minimum absolute atomic E-state index is 0.239. The van der Waals surface area contributed by atoms with Crippen LogP contribution in [-0.2, 0) is 11.3 Å². The van der Waals surface area contributed by atoms with Gasteiger partial charge in [0, 0.05) is 6.54 Å². The first-order valence-electron chi connectivity index (χ1n) is 4.87. The molecule has 0 atom stereocenters. The molecule has 2 amide bonds. The number of esters is 1. The molecule has 0 aliphatic heterocycles. The van der Waals surface area contributed by atoms with E-state index in [2.05, 4.69) is 10.1 Å². The molecule has 0 unspecified atom stereocenters. The van der Waals surface area contributed by atoms with Gasteiger partial charge in [0.1, 0.15) is 11.3 Å². The van der Waals surface area contributed by atoms with Crippen molar-refractivity contribution in [2.24, 2.45) is 5.73 Å². The number of nitrogens with one attached hydrogen (secondary N) is 1. The van der Waals surface area contributed by atoms with Crippen LogP contribution in [0.4, 0.5) is 4.79 Å². The zero-order valence-corrected chi connectivity index (χ0v) is 9.65. The maximum atomic E-state index is 11.5. The Morgan fingerprint density at radius 2 is 2.06 bits per heavy atom. The minimum atomic E-state index is -0.625. The summed E-state index contributed by atoms with van der Waals surface area (Å²) in [4.78, 5) is 22.0. The second kappa shape index (κ2) is 5.74. The molecule has 3 N–H and O–H groups in total. The Morgan fingerprint density at radius 3 is 2.59 bits per heavy atom. The van der Waals surface area contributed by atoms with Gasteiger partial charge in [0.25, 0.3) is 0 Å². The number of benzene rings is 1. The summed E-state index contributed by atoms with van der Waals surface area (Å²) < 4.78 is 9.66. The molecule has 17 heavy (non-hydrogen) atoms. The van der Waals surface area contributed by atoms with Gasteiger partial charge >= 0.3 is 12.0 Å². The highest BCUT2D eigenvalue weighted by atomic mass is 16.5. The van der Waals surface area contributed by atoms with E-state index in [1.54, 1.807) is 18.2 Å². The van der Waals surface area contributed by atoms with Crippen LogP contribution in [-0.4, -0.2) is 26.2 Å². The number of methoxy groups -OCH3 is 2. The molecule has 0 aromatic heterocycles. The van der Waals surface area contributed by atoms with Crippen molar-refractivity contribution in [3.63, 3.8) is 0 Å². The molecule has 0 aliphatic carbocycles. The predicted octanol–water partition coefficient (Wildman–Crippen LogP) is 0.650. The third kappa shape index (κ3) is 3.37. The Labute approximate surface area is 98.7 Å². The van der Waals surface area contributed by atoms with E-state index in [9.17, 15) is 9.59 Å². The summed E-state index contributed by atoms with van der Waals surface area (Å²) in [6.07, 6.45) is 0. The first kappa shape index (κ1) is 12.8. The average Bonchev–Trinajstić information content (AvgIpc) is 2.34. The van der Waals surface area contributed by atoms with E-state index >= 15 is 0 Å². The van der Waals surface area contributed by atoms with Gasteiger partial charge < -0.3 is 20.5 Å². The van der Waals surface area contributed by atoms with Gasteiger partial charge in [-0.25, -0.2) is 9.59 Å². The molecule has 6 heteroatoms. The van der Waals surface area contributed by atoms with Crippen LogP contribution in [0.25, 0.3) is 0 Å². The quantitative estimate of drug-likeness (QED) is 0.753. The zero-order valence-electron chi connectivity index (χ0n) is 9.65. The maximum Gasteiger partial charge on any atom is 0.341 e. The number of hydrogen-bond acceptors (Lipinski definition) is 4. The molecule has 0 heterocycles.